The number of rotatable bonds is 3. The zero-order valence-corrected chi connectivity index (χ0v) is 9.67. The highest BCUT2D eigenvalue weighted by atomic mass is 14.6. The van der Waals surface area contributed by atoms with Gasteiger partial charge >= 0.3 is 0 Å². The van der Waals surface area contributed by atoms with Gasteiger partial charge in [-0.2, -0.15) is 0 Å². The fourth-order valence-corrected chi connectivity index (χ4v) is 1.74. The Labute approximate surface area is 87.3 Å². The minimum Gasteiger partial charge on any atom is -0.328 e. The van der Waals surface area contributed by atoms with E-state index in [4.69, 9.17) is 5.73 Å². The van der Waals surface area contributed by atoms with Crippen molar-refractivity contribution in [2.24, 2.45) is 11.7 Å². The largest absolute Gasteiger partial charge is 0.328 e. The Morgan fingerprint density at radius 3 is 2.00 bits per heavy atom. The van der Waals surface area contributed by atoms with Crippen molar-refractivity contribution >= 4 is 0 Å². The maximum absolute atomic E-state index is 5.86. The average Bonchev–Trinajstić information content (AvgIpc) is 2.01. The summed E-state index contributed by atoms with van der Waals surface area (Å²) in [6.07, 6.45) is 1.08. The highest BCUT2D eigenvalue weighted by Gasteiger charge is 2.08. The summed E-state index contributed by atoms with van der Waals surface area (Å²) in [4.78, 5) is 0. The van der Waals surface area contributed by atoms with Crippen LogP contribution in [-0.2, 0) is 6.42 Å². The van der Waals surface area contributed by atoms with E-state index in [1.165, 1.54) is 16.7 Å². The summed E-state index contributed by atoms with van der Waals surface area (Å²) in [7, 11) is 0. The maximum atomic E-state index is 5.86. The van der Waals surface area contributed by atoms with Gasteiger partial charge in [0.2, 0.25) is 0 Å². The van der Waals surface area contributed by atoms with Crippen molar-refractivity contribution in [3.8, 4) is 0 Å². The summed E-state index contributed by atoms with van der Waals surface area (Å²) < 4.78 is 0. The molecule has 0 aliphatic carbocycles. The zero-order chi connectivity index (χ0) is 10.7. The van der Waals surface area contributed by atoms with Gasteiger partial charge in [-0.25, -0.2) is 0 Å². The van der Waals surface area contributed by atoms with Crippen LogP contribution in [0.25, 0.3) is 0 Å². The van der Waals surface area contributed by atoms with Crippen molar-refractivity contribution < 1.29 is 0 Å². The average molecular weight is 191 g/mol. The van der Waals surface area contributed by atoms with Gasteiger partial charge in [0.1, 0.15) is 0 Å². The van der Waals surface area contributed by atoms with Crippen molar-refractivity contribution in [2.45, 2.75) is 40.2 Å². The fraction of sp³-hybridized carbons (Fsp3) is 0.538. The first-order valence-corrected chi connectivity index (χ1v) is 5.32. The summed E-state index contributed by atoms with van der Waals surface area (Å²) in [6.45, 7) is 8.58. The van der Waals surface area contributed by atoms with Gasteiger partial charge in [0.15, 0.2) is 0 Å². The number of hydrogen-bond acceptors (Lipinski definition) is 1. The molecule has 0 bridgehead atoms. The van der Waals surface area contributed by atoms with E-state index in [-0.39, 0.29) is 6.04 Å². The third-order valence-electron chi connectivity index (χ3n) is 2.74. The predicted octanol–water partition coefficient (Wildman–Crippen LogP) is 2.83. The third kappa shape index (κ3) is 3.15. The third-order valence-corrected chi connectivity index (χ3v) is 2.74. The molecule has 1 aromatic rings. The number of nitrogens with two attached hydrogens (primary N) is 1. The minimum atomic E-state index is 0.274. The molecular formula is C13H21N. The molecule has 2 unspecified atom stereocenters. The Morgan fingerprint density at radius 2 is 1.57 bits per heavy atom. The van der Waals surface area contributed by atoms with Gasteiger partial charge in [-0.1, -0.05) is 36.2 Å². The van der Waals surface area contributed by atoms with E-state index < -0.39 is 0 Å². The monoisotopic (exact) mass is 191 g/mol. The molecule has 0 amide bonds. The van der Waals surface area contributed by atoms with Crippen LogP contribution in [0.15, 0.2) is 18.2 Å². The van der Waals surface area contributed by atoms with Crippen LogP contribution in [0, 0.1) is 19.8 Å². The van der Waals surface area contributed by atoms with Crippen molar-refractivity contribution in [1.82, 2.24) is 0 Å². The van der Waals surface area contributed by atoms with Gasteiger partial charge in [0.05, 0.1) is 0 Å². The Balaban J connectivity index is 2.76. The van der Waals surface area contributed by atoms with Crippen molar-refractivity contribution in [3.05, 3.63) is 34.9 Å². The maximum Gasteiger partial charge on any atom is 0.00393 e. The lowest BCUT2D eigenvalue weighted by molar-refractivity contribution is 0.481. The highest BCUT2D eigenvalue weighted by molar-refractivity contribution is 5.28. The van der Waals surface area contributed by atoms with E-state index in [2.05, 4.69) is 45.9 Å². The Morgan fingerprint density at radius 1 is 1.07 bits per heavy atom. The van der Waals surface area contributed by atoms with E-state index in [9.17, 15) is 0 Å². The van der Waals surface area contributed by atoms with E-state index in [1.54, 1.807) is 0 Å². The molecule has 1 nitrogen and oxygen atoms in total. The van der Waals surface area contributed by atoms with Gasteiger partial charge in [-0.05, 0) is 38.7 Å². The molecule has 14 heavy (non-hydrogen) atoms. The summed E-state index contributed by atoms with van der Waals surface area (Å²) in [6, 6.07) is 6.99. The van der Waals surface area contributed by atoms with Crippen molar-refractivity contribution in [1.29, 1.82) is 0 Å². The molecule has 78 valence electrons. The molecule has 2 atom stereocenters. The molecule has 0 heterocycles. The smallest absolute Gasteiger partial charge is 0.00393 e. The van der Waals surface area contributed by atoms with Crippen LogP contribution in [0.2, 0.25) is 0 Å². The van der Waals surface area contributed by atoms with Crippen LogP contribution < -0.4 is 5.73 Å². The summed E-state index contributed by atoms with van der Waals surface area (Å²) in [5.74, 6) is 0.552. The quantitative estimate of drug-likeness (QED) is 0.781. The lowest BCUT2D eigenvalue weighted by Crippen LogP contribution is -2.25. The number of benzene rings is 1. The topological polar surface area (TPSA) is 26.0 Å². The van der Waals surface area contributed by atoms with Gasteiger partial charge in [0, 0.05) is 6.04 Å². The molecule has 2 N–H and O–H groups in total. The van der Waals surface area contributed by atoms with Crippen LogP contribution in [0.4, 0.5) is 0 Å². The first-order chi connectivity index (χ1) is 6.49. The molecule has 1 heteroatoms. The van der Waals surface area contributed by atoms with E-state index in [0.29, 0.717) is 5.92 Å². The van der Waals surface area contributed by atoms with E-state index in [0.717, 1.165) is 6.42 Å². The van der Waals surface area contributed by atoms with Crippen LogP contribution in [-0.4, -0.2) is 6.04 Å². The summed E-state index contributed by atoms with van der Waals surface area (Å²) in [5.41, 5.74) is 9.96. The zero-order valence-electron chi connectivity index (χ0n) is 9.67. The van der Waals surface area contributed by atoms with Gasteiger partial charge < -0.3 is 5.73 Å². The molecule has 0 saturated heterocycles. The van der Waals surface area contributed by atoms with Crippen LogP contribution in [0.1, 0.15) is 30.5 Å². The molecule has 0 aliphatic heterocycles. The second-order valence-corrected chi connectivity index (χ2v) is 4.54. The molecular weight excluding hydrogens is 170 g/mol. The van der Waals surface area contributed by atoms with Crippen molar-refractivity contribution in [3.63, 3.8) is 0 Å². The lowest BCUT2D eigenvalue weighted by atomic mass is 9.94. The minimum absolute atomic E-state index is 0.274. The fourth-order valence-electron chi connectivity index (χ4n) is 1.74. The van der Waals surface area contributed by atoms with Crippen LogP contribution in [0.5, 0.6) is 0 Å². The molecule has 0 spiro atoms. The second-order valence-electron chi connectivity index (χ2n) is 4.54. The summed E-state index contributed by atoms with van der Waals surface area (Å²) >= 11 is 0. The molecule has 0 aliphatic rings. The van der Waals surface area contributed by atoms with Crippen molar-refractivity contribution in [2.75, 3.05) is 0 Å². The molecule has 0 fully saturated rings. The van der Waals surface area contributed by atoms with Gasteiger partial charge in [-0.15, -0.1) is 0 Å². The first kappa shape index (κ1) is 11.3. The van der Waals surface area contributed by atoms with Crippen LogP contribution >= 0.6 is 0 Å². The first-order valence-electron chi connectivity index (χ1n) is 5.32. The number of hydrogen-bond donors (Lipinski definition) is 1. The lowest BCUT2D eigenvalue weighted by Gasteiger charge is -2.16. The Kier molecular flexibility index (Phi) is 3.70. The van der Waals surface area contributed by atoms with E-state index >= 15 is 0 Å². The summed E-state index contributed by atoms with van der Waals surface area (Å²) in [5, 5.41) is 0. The Hall–Kier alpha value is -0.820. The molecule has 0 saturated carbocycles. The highest BCUT2D eigenvalue weighted by Crippen LogP contribution is 2.14. The molecule has 0 aromatic heterocycles. The SMILES string of the molecule is Cc1cc(C)cc(CC(C)C(C)N)c1. The van der Waals surface area contributed by atoms with Crippen LogP contribution in [0.3, 0.4) is 0 Å². The molecule has 0 radical (unpaired) electrons. The molecule has 1 aromatic carbocycles. The number of aryl methyl sites for hydroxylation is 2. The van der Waals surface area contributed by atoms with Gasteiger partial charge in [-0.3, -0.25) is 0 Å². The Bertz CT molecular complexity index is 282. The second kappa shape index (κ2) is 4.61. The standard InChI is InChI=1S/C13H21N/c1-9-5-10(2)7-13(6-9)8-11(3)12(4)14/h5-7,11-12H,8,14H2,1-4H3. The van der Waals surface area contributed by atoms with E-state index in [1.807, 2.05) is 0 Å². The normalized spacial score (nSPS) is 15.2. The van der Waals surface area contributed by atoms with Gasteiger partial charge in [0.25, 0.3) is 0 Å². The predicted molar refractivity (Wildman–Crippen MR) is 62.4 cm³/mol. The molecule has 1 rings (SSSR count).